The fraction of sp³-hybridized carbons (Fsp3) is 0.200. The number of carbonyl (C=O) groups is 1. The third-order valence-corrected chi connectivity index (χ3v) is 2.13. The van der Waals surface area contributed by atoms with Crippen LogP contribution in [-0.4, -0.2) is 20.5 Å². The number of nitrogens with zero attached hydrogens (tertiary/aromatic N) is 2. The van der Waals surface area contributed by atoms with Gasteiger partial charge in [-0.05, 0) is 31.5 Å². The first-order chi connectivity index (χ1) is 6.58. The molecule has 0 aliphatic carbocycles. The van der Waals surface area contributed by atoms with Gasteiger partial charge in [0.25, 0.3) is 0 Å². The lowest BCUT2D eigenvalue weighted by Crippen LogP contribution is -1.95. The number of rotatable bonds is 1. The Morgan fingerprint density at radius 1 is 1.43 bits per heavy atom. The van der Waals surface area contributed by atoms with E-state index in [0.717, 1.165) is 11.3 Å². The molecule has 72 valence electrons. The van der Waals surface area contributed by atoms with Crippen molar-refractivity contribution < 1.29 is 9.90 Å². The quantitative estimate of drug-likeness (QED) is 0.743. The van der Waals surface area contributed by atoms with Crippen LogP contribution in [0.1, 0.15) is 21.7 Å². The van der Waals surface area contributed by atoms with Crippen LogP contribution in [0.5, 0.6) is 0 Å². The van der Waals surface area contributed by atoms with Crippen LogP contribution in [0.3, 0.4) is 0 Å². The van der Waals surface area contributed by atoms with Gasteiger partial charge in [0, 0.05) is 11.9 Å². The zero-order chi connectivity index (χ0) is 10.3. The Balaban J connectivity index is 2.76. The molecule has 0 fully saturated rings. The Morgan fingerprint density at radius 3 is 2.79 bits per heavy atom. The fourth-order valence-corrected chi connectivity index (χ4v) is 1.53. The monoisotopic (exact) mass is 190 g/mol. The molecule has 0 aromatic carbocycles. The van der Waals surface area contributed by atoms with E-state index >= 15 is 0 Å². The standard InChI is InChI=1S/C10H10N2O2/c1-6-3-7(2)12-5-8(10(13)14)11-9(12)4-6/h3-5H,1-2H3,(H,13,14). The van der Waals surface area contributed by atoms with E-state index in [2.05, 4.69) is 4.98 Å². The molecule has 0 spiro atoms. The van der Waals surface area contributed by atoms with E-state index in [0.29, 0.717) is 5.65 Å². The summed E-state index contributed by atoms with van der Waals surface area (Å²) in [7, 11) is 0. The fourth-order valence-electron chi connectivity index (χ4n) is 1.53. The predicted octanol–water partition coefficient (Wildman–Crippen LogP) is 1.65. The van der Waals surface area contributed by atoms with Crippen molar-refractivity contribution in [1.82, 2.24) is 9.38 Å². The molecule has 14 heavy (non-hydrogen) atoms. The summed E-state index contributed by atoms with van der Waals surface area (Å²) in [5, 5.41) is 8.77. The third-order valence-electron chi connectivity index (χ3n) is 2.13. The van der Waals surface area contributed by atoms with Crippen molar-refractivity contribution >= 4 is 11.6 Å². The van der Waals surface area contributed by atoms with E-state index in [9.17, 15) is 4.79 Å². The Kier molecular flexibility index (Phi) is 1.77. The zero-order valence-electron chi connectivity index (χ0n) is 7.98. The number of aromatic nitrogens is 2. The maximum absolute atomic E-state index is 10.7. The van der Waals surface area contributed by atoms with E-state index in [-0.39, 0.29) is 5.69 Å². The highest BCUT2D eigenvalue weighted by Crippen LogP contribution is 2.11. The minimum Gasteiger partial charge on any atom is -0.476 e. The van der Waals surface area contributed by atoms with Crippen LogP contribution in [-0.2, 0) is 0 Å². The zero-order valence-corrected chi connectivity index (χ0v) is 7.98. The minimum atomic E-state index is -0.995. The van der Waals surface area contributed by atoms with Gasteiger partial charge in [-0.15, -0.1) is 0 Å². The summed E-state index contributed by atoms with van der Waals surface area (Å²) in [5.41, 5.74) is 2.83. The van der Waals surface area contributed by atoms with Gasteiger partial charge in [0.2, 0.25) is 0 Å². The van der Waals surface area contributed by atoms with Gasteiger partial charge in [0.15, 0.2) is 5.69 Å². The summed E-state index contributed by atoms with van der Waals surface area (Å²) >= 11 is 0. The Hall–Kier alpha value is -1.84. The van der Waals surface area contributed by atoms with Crippen LogP contribution in [0.15, 0.2) is 18.3 Å². The SMILES string of the molecule is Cc1cc(C)n2cc(C(=O)O)nc2c1. The molecule has 4 nitrogen and oxygen atoms in total. The van der Waals surface area contributed by atoms with E-state index in [1.165, 1.54) is 6.20 Å². The van der Waals surface area contributed by atoms with Crippen molar-refractivity contribution in [3.63, 3.8) is 0 Å². The molecule has 4 heteroatoms. The summed E-state index contributed by atoms with van der Waals surface area (Å²) in [6.07, 6.45) is 1.53. The van der Waals surface area contributed by atoms with Crippen LogP contribution in [0, 0.1) is 13.8 Å². The summed E-state index contributed by atoms with van der Waals surface area (Å²) in [6.45, 7) is 3.88. The minimum absolute atomic E-state index is 0.0821. The molecular formula is C10H10N2O2. The highest BCUT2D eigenvalue weighted by molar-refractivity contribution is 5.86. The second-order valence-electron chi connectivity index (χ2n) is 3.33. The lowest BCUT2D eigenvalue weighted by atomic mass is 10.2. The molecule has 2 heterocycles. The smallest absolute Gasteiger partial charge is 0.356 e. The van der Waals surface area contributed by atoms with E-state index in [1.54, 1.807) is 4.40 Å². The number of pyridine rings is 1. The van der Waals surface area contributed by atoms with E-state index in [1.807, 2.05) is 26.0 Å². The van der Waals surface area contributed by atoms with Gasteiger partial charge in [-0.2, -0.15) is 0 Å². The second kappa shape index (κ2) is 2.83. The van der Waals surface area contributed by atoms with Crippen molar-refractivity contribution in [2.24, 2.45) is 0 Å². The van der Waals surface area contributed by atoms with E-state index < -0.39 is 5.97 Å². The number of aryl methyl sites for hydroxylation is 2. The highest BCUT2D eigenvalue weighted by Gasteiger charge is 2.09. The van der Waals surface area contributed by atoms with Gasteiger partial charge in [0.05, 0.1) is 0 Å². The van der Waals surface area contributed by atoms with Crippen LogP contribution in [0.25, 0.3) is 5.65 Å². The van der Waals surface area contributed by atoms with Crippen molar-refractivity contribution in [1.29, 1.82) is 0 Å². The van der Waals surface area contributed by atoms with Crippen molar-refractivity contribution in [2.45, 2.75) is 13.8 Å². The normalized spacial score (nSPS) is 10.7. The van der Waals surface area contributed by atoms with Gasteiger partial charge in [-0.25, -0.2) is 9.78 Å². The highest BCUT2D eigenvalue weighted by atomic mass is 16.4. The summed E-state index contributed by atoms with van der Waals surface area (Å²) in [5.74, 6) is -0.995. The molecule has 0 aliphatic rings. The van der Waals surface area contributed by atoms with Crippen LogP contribution >= 0.6 is 0 Å². The Morgan fingerprint density at radius 2 is 2.14 bits per heavy atom. The van der Waals surface area contributed by atoms with Crippen LogP contribution in [0.4, 0.5) is 0 Å². The maximum Gasteiger partial charge on any atom is 0.356 e. The van der Waals surface area contributed by atoms with Crippen LogP contribution < -0.4 is 0 Å². The topological polar surface area (TPSA) is 54.6 Å². The van der Waals surface area contributed by atoms with Crippen LogP contribution in [0.2, 0.25) is 0 Å². The lowest BCUT2D eigenvalue weighted by molar-refractivity contribution is 0.0691. The number of aromatic carboxylic acids is 1. The molecule has 0 saturated carbocycles. The largest absolute Gasteiger partial charge is 0.476 e. The molecule has 2 aromatic rings. The average molecular weight is 190 g/mol. The molecule has 0 radical (unpaired) electrons. The van der Waals surface area contributed by atoms with Crippen molar-refractivity contribution in [2.75, 3.05) is 0 Å². The molecule has 0 bridgehead atoms. The van der Waals surface area contributed by atoms with Crippen molar-refractivity contribution in [3.8, 4) is 0 Å². The number of carboxylic acid groups (broad SMARTS) is 1. The maximum atomic E-state index is 10.7. The average Bonchev–Trinajstić information content (AvgIpc) is 2.47. The predicted molar refractivity (Wildman–Crippen MR) is 51.6 cm³/mol. The first kappa shape index (κ1) is 8.74. The number of hydrogen-bond donors (Lipinski definition) is 1. The first-order valence-corrected chi connectivity index (χ1v) is 4.27. The summed E-state index contributed by atoms with van der Waals surface area (Å²) < 4.78 is 1.77. The van der Waals surface area contributed by atoms with E-state index in [4.69, 9.17) is 5.11 Å². The van der Waals surface area contributed by atoms with Gasteiger partial charge >= 0.3 is 5.97 Å². The molecular weight excluding hydrogens is 180 g/mol. The molecule has 2 aromatic heterocycles. The Labute approximate surface area is 80.8 Å². The molecule has 0 unspecified atom stereocenters. The third kappa shape index (κ3) is 1.25. The molecule has 0 atom stereocenters. The molecule has 2 rings (SSSR count). The molecule has 0 saturated heterocycles. The van der Waals surface area contributed by atoms with Gasteiger partial charge in [-0.1, -0.05) is 0 Å². The first-order valence-electron chi connectivity index (χ1n) is 4.27. The second-order valence-corrected chi connectivity index (χ2v) is 3.33. The lowest BCUT2D eigenvalue weighted by Gasteiger charge is -1.99. The number of hydrogen-bond acceptors (Lipinski definition) is 2. The molecule has 0 amide bonds. The Bertz CT molecular complexity index is 514. The number of carboxylic acids is 1. The molecule has 0 aliphatic heterocycles. The number of imidazole rings is 1. The number of fused-ring (bicyclic) bond motifs is 1. The van der Waals surface area contributed by atoms with Gasteiger partial charge in [-0.3, -0.25) is 0 Å². The van der Waals surface area contributed by atoms with Gasteiger partial charge < -0.3 is 9.51 Å². The van der Waals surface area contributed by atoms with Crippen molar-refractivity contribution in [3.05, 3.63) is 35.3 Å². The van der Waals surface area contributed by atoms with Gasteiger partial charge in [0.1, 0.15) is 5.65 Å². The molecule has 1 N–H and O–H groups in total. The summed E-state index contributed by atoms with van der Waals surface area (Å²) in [6, 6.07) is 3.85. The summed E-state index contributed by atoms with van der Waals surface area (Å²) in [4.78, 5) is 14.7.